The Bertz CT molecular complexity index is 959. The smallest absolute Gasteiger partial charge is 0.281 e. The number of nitrogens with zero attached hydrogens (tertiary/aromatic N) is 2. The number of ether oxygens (including phenoxy) is 2. The molecule has 0 atom stereocenters. The molecule has 0 aliphatic carbocycles. The molecule has 2 aromatic rings. The van der Waals surface area contributed by atoms with Gasteiger partial charge in [0, 0.05) is 11.5 Å². The van der Waals surface area contributed by atoms with Gasteiger partial charge in [0.15, 0.2) is 16.6 Å². The number of hydrogen-bond donors (Lipinski definition) is 1. The standard InChI is InChI=1S/C20H19BrN2O4S/c1-4-27-14-7-5-13(6-8-14)23-19(25)16(22(2)20(23)28)9-12-10-18(26-3)17(24)11-15(12)21/h5-11,24H,4H2,1-3H3/b16-9-. The van der Waals surface area contributed by atoms with Crippen molar-refractivity contribution in [2.75, 3.05) is 25.7 Å². The summed E-state index contributed by atoms with van der Waals surface area (Å²) < 4.78 is 11.2. The number of anilines is 1. The fourth-order valence-corrected chi connectivity index (χ4v) is 3.55. The predicted molar refractivity (Wildman–Crippen MR) is 116 cm³/mol. The number of carbonyl (C=O) groups excluding carboxylic acids is 1. The van der Waals surface area contributed by atoms with E-state index in [1.54, 1.807) is 48.4 Å². The summed E-state index contributed by atoms with van der Waals surface area (Å²) in [5.74, 6) is 0.812. The Hall–Kier alpha value is -2.58. The van der Waals surface area contributed by atoms with Crippen LogP contribution in [0, 0.1) is 0 Å². The molecule has 0 aromatic heterocycles. The van der Waals surface area contributed by atoms with Gasteiger partial charge in [-0.05, 0) is 67.2 Å². The van der Waals surface area contributed by atoms with E-state index in [0.717, 1.165) is 5.75 Å². The van der Waals surface area contributed by atoms with Crippen molar-refractivity contribution in [1.82, 2.24) is 4.90 Å². The maximum atomic E-state index is 13.1. The van der Waals surface area contributed by atoms with Crippen LogP contribution in [0.1, 0.15) is 12.5 Å². The van der Waals surface area contributed by atoms with Crippen molar-refractivity contribution < 1.29 is 19.4 Å². The minimum atomic E-state index is -0.240. The van der Waals surface area contributed by atoms with Gasteiger partial charge in [0.05, 0.1) is 19.4 Å². The van der Waals surface area contributed by atoms with E-state index in [1.165, 1.54) is 18.1 Å². The molecule has 0 bridgehead atoms. The Labute approximate surface area is 177 Å². The lowest BCUT2D eigenvalue weighted by molar-refractivity contribution is -0.114. The van der Waals surface area contributed by atoms with Crippen molar-refractivity contribution in [3.63, 3.8) is 0 Å². The Balaban J connectivity index is 1.97. The number of phenols is 1. The highest BCUT2D eigenvalue weighted by Crippen LogP contribution is 2.35. The molecule has 3 rings (SSSR count). The molecular formula is C20H19BrN2O4S. The molecule has 0 radical (unpaired) electrons. The molecule has 2 aromatic carbocycles. The number of halogens is 1. The van der Waals surface area contributed by atoms with Crippen LogP contribution in [0.2, 0.25) is 0 Å². The molecule has 1 aliphatic heterocycles. The van der Waals surface area contributed by atoms with Crippen molar-refractivity contribution in [2.24, 2.45) is 0 Å². The average molecular weight is 463 g/mol. The number of rotatable bonds is 5. The van der Waals surface area contributed by atoms with E-state index in [0.29, 0.717) is 38.9 Å². The van der Waals surface area contributed by atoms with Gasteiger partial charge in [-0.25, -0.2) is 0 Å². The Kier molecular flexibility index (Phi) is 5.90. The van der Waals surface area contributed by atoms with Crippen molar-refractivity contribution in [3.05, 3.63) is 52.1 Å². The van der Waals surface area contributed by atoms with Crippen LogP contribution < -0.4 is 14.4 Å². The van der Waals surface area contributed by atoms with Crippen molar-refractivity contribution in [2.45, 2.75) is 6.92 Å². The molecule has 1 N–H and O–H groups in total. The molecule has 146 valence electrons. The van der Waals surface area contributed by atoms with Crippen LogP contribution in [0.3, 0.4) is 0 Å². The van der Waals surface area contributed by atoms with Gasteiger partial charge < -0.3 is 19.5 Å². The number of aromatic hydroxyl groups is 1. The number of hydrogen-bond acceptors (Lipinski definition) is 5. The molecule has 1 aliphatic rings. The number of benzene rings is 2. The van der Waals surface area contributed by atoms with Crippen molar-refractivity contribution in [1.29, 1.82) is 0 Å². The predicted octanol–water partition coefficient (Wildman–Crippen LogP) is 4.17. The summed E-state index contributed by atoms with van der Waals surface area (Å²) in [6.07, 6.45) is 1.70. The molecule has 0 spiro atoms. The first-order chi connectivity index (χ1) is 13.4. The van der Waals surface area contributed by atoms with E-state index in [2.05, 4.69) is 15.9 Å². The van der Waals surface area contributed by atoms with Crippen LogP contribution in [0.5, 0.6) is 17.2 Å². The van der Waals surface area contributed by atoms with E-state index in [-0.39, 0.29) is 11.7 Å². The van der Waals surface area contributed by atoms with Crippen LogP contribution in [0.15, 0.2) is 46.6 Å². The Morgan fingerprint density at radius 2 is 1.93 bits per heavy atom. The number of methoxy groups -OCH3 is 1. The number of carbonyl (C=O) groups is 1. The largest absolute Gasteiger partial charge is 0.504 e. The van der Waals surface area contributed by atoms with E-state index >= 15 is 0 Å². The van der Waals surface area contributed by atoms with Crippen LogP contribution in [0.25, 0.3) is 6.08 Å². The van der Waals surface area contributed by atoms with Gasteiger partial charge >= 0.3 is 0 Å². The summed E-state index contributed by atoms with van der Waals surface area (Å²) in [7, 11) is 3.21. The lowest BCUT2D eigenvalue weighted by Crippen LogP contribution is -2.31. The molecule has 8 heteroatoms. The van der Waals surface area contributed by atoms with Gasteiger partial charge in [0.1, 0.15) is 11.4 Å². The molecule has 28 heavy (non-hydrogen) atoms. The lowest BCUT2D eigenvalue weighted by atomic mass is 10.1. The van der Waals surface area contributed by atoms with Gasteiger partial charge in [0.2, 0.25) is 0 Å². The maximum absolute atomic E-state index is 13.1. The highest BCUT2D eigenvalue weighted by atomic mass is 79.9. The fourth-order valence-electron chi connectivity index (χ4n) is 2.82. The zero-order valence-corrected chi connectivity index (χ0v) is 18.0. The molecule has 1 saturated heterocycles. The third kappa shape index (κ3) is 3.70. The van der Waals surface area contributed by atoms with Gasteiger partial charge in [-0.15, -0.1) is 0 Å². The Morgan fingerprint density at radius 3 is 2.54 bits per heavy atom. The van der Waals surface area contributed by atoms with Crippen LogP contribution in [-0.2, 0) is 4.79 Å². The quantitative estimate of drug-likeness (QED) is 0.531. The van der Waals surface area contributed by atoms with Crippen molar-refractivity contribution >= 4 is 50.9 Å². The van der Waals surface area contributed by atoms with E-state index < -0.39 is 0 Å². The zero-order chi connectivity index (χ0) is 20.4. The SMILES string of the molecule is CCOc1ccc(N2C(=O)/C(=C/c3cc(OC)c(O)cc3Br)N(C)C2=S)cc1. The van der Waals surface area contributed by atoms with E-state index in [4.69, 9.17) is 21.7 Å². The summed E-state index contributed by atoms with van der Waals surface area (Å²) in [4.78, 5) is 16.2. The molecule has 0 saturated carbocycles. The summed E-state index contributed by atoms with van der Waals surface area (Å²) in [6.45, 7) is 2.48. The first-order valence-electron chi connectivity index (χ1n) is 8.50. The monoisotopic (exact) mass is 462 g/mol. The number of phenolic OH excluding ortho intramolecular Hbond substituents is 1. The second-order valence-electron chi connectivity index (χ2n) is 5.98. The molecule has 1 amide bonds. The third-order valence-corrected chi connectivity index (χ3v) is 5.40. The summed E-state index contributed by atoms with van der Waals surface area (Å²) in [6, 6.07) is 10.4. The second kappa shape index (κ2) is 8.20. The first-order valence-corrected chi connectivity index (χ1v) is 9.70. The van der Waals surface area contributed by atoms with Crippen LogP contribution in [0.4, 0.5) is 5.69 Å². The third-order valence-electron chi connectivity index (χ3n) is 4.26. The molecule has 1 fully saturated rings. The number of likely N-dealkylation sites (N-methyl/N-ethyl adjacent to an activating group) is 1. The fraction of sp³-hybridized carbons (Fsp3) is 0.200. The molecule has 0 unspecified atom stereocenters. The minimum Gasteiger partial charge on any atom is -0.504 e. The molecule has 6 nitrogen and oxygen atoms in total. The first kappa shape index (κ1) is 20.2. The van der Waals surface area contributed by atoms with Crippen LogP contribution >= 0.6 is 28.1 Å². The topological polar surface area (TPSA) is 62.2 Å². The summed E-state index contributed by atoms with van der Waals surface area (Å²) in [5.41, 5.74) is 1.75. The molecular weight excluding hydrogens is 444 g/mol. The highest BCUT2D eigenvalue weighted by Gasteiger charge is 2.37. The molecule has 1 heterocycles. The lowest BCUT2D eigenvalue weighted by Gasteiger charge is -2.16. The maximum Gasteiger partial charge on any atom is 0.281 e. The highest BCUT2D eigenvalue weighted by molar-refractivity contribution is 9.10. The van der Waals surface area contributed by atoms with Gasteiger partial charge in [0.25, 0.3) is 5.91 Å². The summed E-state index contributed by atoms with van der Waals surface area (Å²) in [5, 5.41) is 10.3. The Morgan fingerprint density at radius 1 is 1.25 bits per heavy atom. The second-order valence-corrected chi connectivity index (χ2v) is 7.20. The van der Waals surface area contributed by atoms with Crippen molar-refractivity contribution in [3.8, 4) is 17.2 Å². The van der Waals surface area contributed by atoms with Gasteiger partial charge in [-0.2, -0.15) is 0 Å². The van der Waals surface area contributed by atoms with E-state index in [1.807, 2.05) is 6.92 Å². The normalized spacial score (nSPS) is 15.5. The van der Waals surface area contributed by atoms with Gasteiger partial charge in [-0.3, -0.25) is 9.69 Å². The number of amides is 1. The van der Waals surface area contributed by atoms with E-state index in [9.17, 15) is 9.90 Å². The van der Waals surface area contributed by atoms with Gasteiger partial charge in [-0.1, -0.05) is 15.9 Å². The number of thiocarbonyl (C=S) groups is 1. The summed E-state index contributed by atoms with van der Waals surface area (Å²) >= 11 is 8.89. The minimum absolute atomic E-state index is 0.00848. The van der Waals surface area contributed by atoms with Crippen LogP contribution in [-0.4, -0.2) is 41.8 Å². The zero-order valence-electron chi connectivity index (χ0n) is 15.6. The average Bonchev–Trinajstić information content (AvgIpc) is 2.88.